The van der Waals surface area contributed by atoms with Gasteiger partial charge in [0.05, 0.1) is 5.52 Å². The van der Waals surface area contributed by atoms with Gasteiger partial charge < -0.3 is 5.73 Å². The number of halogens is 1. The van der Waals surface area contributed by atoms with E-state index in [4.69, 9.17) is 17.3 Å². The van der Waals surface area contributed by atoms with Gasteiger partial charge in [0.2, 0.25) is 0 Å². The molecule has 1 aliphatic heterocycles. The molecule has 2 aromatic rings. The van der Waals surface area contributed by atoms with Gasteiger partial charge in [-0.2, -0.15) is 0 Å². The van der Waals surface area contributed by atoms with Crippen molar-refractivity contribution in [2.45, 2.75) is 32.4 Å². The van der Waals surface area contributed by atoms with Crippen molar-refractivity contribution in [1.82, 2.24) is 9.88 Å². The third-order valence-corrected chi connectivity index (χ3v) is 4.92. The van der Waals surface area contributed by atoms with Gasteiger partial charge in [0, 0.05) is 35.7 Å². The Morgan fingerprint density at radius 3 is 3.05 bits per heavy atom. The third-order valence-electron chi connectivity index (χ3n) is 4.60. The minimum Gasteiger partial charge on any atom is -0.327 e. The minimum atomic E-state index is 0.353. The molecule has 0 amide bonds. The van der Waals surface area contributed by atoms with Gasteiger partial charge in [-0.05, 0) is 42.6 Å². The highest BCUT2D eigenvalue weighted by atomic mass is 35.5. The van der Waals surface area contributed by atoms with Gasteiger partial charge in [-0.25, -0.2) is 0 Å². The van der Waals surface area contributed by atoms with E-state index in [1.807, 2.05) is 24.4 Å². The quantitative estimate of drug-likeness (QED) is 0.944. The first-order valence-electron chi connectivity index (χ1n) is 7.69. The normalized spacial score (nSPS) is 23.6. The fourth-order valence-corrected chi connectivity index (χ4v) is 3.48. The van der Waals surface area contributed by atoms with E-state index in [0.29, 0.717) is 12.0 Å². The molecule has 0 spiro atoms. The van der Waals surface area contributed by atoms with Crippen LogP contribution in [0.2, 0.25) is 5.02 Å². The second-order valence-corrected chi connectivity index (χ2v) is 6.37. The summed E-state index contributed by atoms with van der Waals surface area (Å²) < 4.78 is 0. The zero-order chi connectivity index (χ0) is 14.8. The van der Waals surface area contributed by atoms with Crippen molar-refractivity contribution < 1.29 is 0 Å². The first-order valence-corrected chi connectivity index (χ1v) is 8.07. The molecule has 1 saturated heterocycles. The van der Waals surface area contributed by atoms with Gasteiger partial charge >= 0.3 is 0 Å². The summed E-state index contributed by atoms with van der Waals surface area (Å²) in [7, 11) is 0. The van der Waals surface area contributed by atoms with Gasteiger partial charge in [-0.1, -0.05) is 31.0 Å². The van der Waals surface area contributed by atoms with Crippen molar-refractivity contribution in [2.24, 2.45) is 11.7 Å². The summed E-state index contributed by atoms with van der Waals surface area (Å²) in [5.74, 6) is 0.602. The number of aromatic nitrogens is 1. The molecule has 112 valence electrons. The van der Waals surface area contributed by atoms with Gasteiger partial charge in [-0.15, -0.1) is 0 Å². The lowest BCUT2D eigenvalue weighted by molar-refractivity contribution is 0.146. The topological polar surface area (TPSA) is 42.2 Å². The first-order chi connectivity index (χ1) is 10.2. The Kier molecular flexibility index (Phi) is 4.43. The zero-order valence-corrected chi connectivity index (χ0v) is 13.2. The molecule has 1 aromatic heterocycles. The van der Waals surface area contributed by atoms with Crippen LogP contribution >= 0.6 is 11.6 Å². The van der Waals surface area contributed by atoms with Crippen LogP contribution in [0.5, 0.6) is 0 Å². The summed E-state index contributed by atoms with van der Waals surface area (Å²) >= 11 is 6.27. The molecular formula is C17H22ClN3. The number of benzene rings is 1. The first kappa shape index (κ1) is 14.8. The summed E-state index contributed by atoms with van der Waals surface area (Å²) in [6, 6.07) is 8.41. The third kappa shape index (κ3) is 3.05. The number of pyridine rings is 1. The van der Waals surface area contributed by atoms with E-state index in [1.54, 1.807) is 0 Å². The van der Waals surface area contributed by atoms with Crippen LogP contribution in [0, 0.1) is 5.92 Å². The predicted molar refractivity (Wildman–Crippen MR) is 88.4 cm³/mol. The maximum absolute atomic E-state index is 6.27. The molecule has 1 aromatic carbocycles. The molecule has 2 atom stereocenters. The molecule has 0 aliphatic carbocycles. The lowest BCUT2D eigenvalue weighted by Crippen LogP contribution is -2.46. The highest BCUT2D eigenvalue weighted by Gasteiger charge is 2.25. The average molecular weight is 304 g/mol. The molecule has 3 rings (SSSR count). The molecule has 4 heteroatoms. The van der Waals surface area contributed by atoms with E-state index in [9.17, 15) is 0 Å². The van der Waals surface area contributed by atoms with Gasteiger partial charge in [0.15, 0.2) is 0 Å². The van der Waals surface area contributed by atoms with E-state index in [0.717, 1.165) is 48.4 Å². The largest absolute Gasteiger partial charge is 0.327 e. The molecular weight excluding hydrogens is 282 g/mol. The summed E-state index contributed by atoms with van der Waals surface area (Å²) in [6.07, 6.45) is 4.07. The van der Waals surface area contributed by atoms with Crippen LogP contribution in [0.1, 0.15) is 25.3 Å². The number of rotatable bonds is 3. The molecule has 0 radical (unpaired) electrons. The molecule has 1 fully saturated rings. The number of piperidine rings is 1. The van der Waals surface area contributed by atoms with Crippen LogP contribution in [-0.2, 0) is 6.54 Å². The van der Waals surface area contributed by atoms with Crippen molar-refractivity contribution in [2.75, 3.05) is 13.1 Å². The summed E-state index contributed by atoms with van der Waals surface area (Å²) in [6.45, 7) is 5.30. The van der Waals surface area contributed by atoms with Crippen molar-refractivity contribution in [3.8, 4) is 0 Å². The maximum Gasteiger partial charge on any atom is 0.0761 e. The van der Waals surface area contributed by atoms with Crippen LogP contribution in [0.4, 0.5) is 0 Å². The number of nitrogens with zero attached hydrogens (tertiary/aromatic N) is 2. The standard InChI is InChI=1S/C17H22ClN3/c1-2-12-10-21(9-7-16(12)19)11-13-5-6-15(18)14-4-3-8-20-17(13)14/h3-6,8,12,16H,2,7,9-11,19H2,1H3. The second kappa shape index (κ2) is 6.30. The van der Waals surface area contributed by atoms with Crippen molar-refractivity contribution in [3.05, 3.63) is 41.0 Å². The lowest BCUT2D eigenvalue weighted by atomic mass is 9.90. The summed E-state index contributed by atoms with van der Waals surface area (Å²) in [5.41, 5.74) is 8.47. The van der Waals surface area contributed by atoms with Crippen LogP contribution in [0.25, 0.3) is 10.9 Å². The van der Waals surface area contributed by atoms with Gasteiger partial charge in [0.1, 0.15) is 0 Å². The van der Waals surface area contributed by atoms with Gasteiger partial charge in [0.25, 0.3) is 0 Å². The SMILES string of the molecule is CCC1CN(Cc2ccc(Cl)c3cccnc23)CCC1N. The van der Waals surface area contributed by atoms with Crippen LogP contribution in [0.15, 0.2) is 30.5 Å². The van der Waals surface area contributed by atoms with Crippen LogP contribution < -0.4 is 5.73 Å². The molecule has 0 bridgehead atoms. The summed E-state index contributed by atoms with van der Waals surface area (Å²) in [4.78, 5) is 7.02. The fraction of sp³-hybridized carbons (Fsp3) is 0.471. The molecule has 21 heavy (non-hydrogen) atoms. The van der Waals surface area contributed by atoms with E-state index in [-0.39, 0.29) is 0 Å². The number of nitrogens with two attached hydrogens (primary N) is 1. The maximum atomic E-state index is 6.27. The number of hydrogen-bond acceptors (Lipinski definition) is 3. The van der Waals surface area contributed by atoms with E-state index in [2.05, 4.69) is 22.9 Å². The number of likely N-dealkylation sites (tertiary alicyclic amines) is 1. The number of hydrogen-bond donors (Lipinski definition) is 1. The smallest absolute Gasteiger partial charge is 0.0761 e. The molecule has 0 saturated carbocycles. The van der Waals surface area contributed by atoms with E-state index >= 15 is 0 Å². The average Bonchev–Trinajstić information content (AvgIpc) is 2.52. The molecule has 1 aliphatic rings. The van der Waals surface area contributed by atoms with E-state index < -0.39 is 0 Å². The Labute approximate surface area is 131 Å². The van der Waals surface area contributed by atoms with E-state index in [1.165, 1.54) is 5.56 Å². The van der Waals surface area contributed by atoms with Crippen LogP contribution in [-0.4, -0.2) is 29.0 Å². The Balaban J connectivity index is 1.84. The molecule has 3 nitrogen and oxygen atoms in total. The molecule has 2 N–H and O–H groups in total. The fourth-order valence-electron chi connectivity index (χ4n) is 3.27. The van der Waals surface area contributed by atoms with Crippen molar-refractivity contribution in [3.63, 3.8) is 0 Å². The Hall–Kier alpha value is -1.16. The monoisotopic (exact) mass is 303 g/mol. The van der Waals surface area contributed by atoms with Crippen LogP contribution in [0.3, 0.4) is 0 Å². The highest BCUT2D eigenvalue weighted by molar-refractivity contribution is 6.35. The number of fused-ring (bicyclic) bond motifs is 1. The molecule has 2 heterocycles. The Morgan fingerprint density at radius 2 is 2.24 bits per heavy atom. The predicted octanol–water partition coefficient (Wildman–Crippen LogP) is 3.45. The second-order valence-electron chi connectivity index (χ2n) is 5.96. The molecule has 2 unspecified atom stereocenters. The zero-order valence-electron chi connectivity index (χ0n) is 12.4. The Morgan fingerprint density at radius 1 is 1.38 bits per heavy atom. The van der Waals surface area contributed by atoms with Crippen molar-refractivity contribution >= 4 is 22.5 Å². The minimum absolute atomic E-state index is 0.353. The highest BCUT2D eigenvalue weighted by Crippen LogP contribution is 2.27. The lowest BCUT2D eigenvalue weighted by Gasteiger charge is -2.36. The van der Waals surface area contributed by atoms with Gasteiger partial charge in [-0.3, -0.25) is 9.88 Å². The Bertz CT molecular complexity index is 628. The summed E-state index contributed by atoms with van der Waals surface area (Å²) in [5, 5.41) is 1.81. The van der Waals surface area contributed by atoms with Crippen molar-refractivity contribution in [1.29, 1.82) is 0 Å².